The maximum absolute atomic E-state index is 13.4. The van der Waals surface area contributed by atoms with Gasteiger partial charge in [-0.3, -0.25) is 4.79 Å². The van der Waals surface area contributed by atoms with Crippen molar-refractivity contribution in [1.82, 2.24) is 5.32 Å². The lowest BCUT2D eigenvalue weighted by Crippen LogP contribution is -2.25. The zero-order chi connectivity index (χ0) is 15.2. The molecule has 2 aromatic carbocycles. The second kappa shape index (κ2) is 6.88. The molecule has 0 atom stereocenters. The Morgan fingerprint density at radius 2 is 2.00 bits per heavy atom. The molecule has 0 radical (unpaired) electrons. The van der Waals surface area contributed by atoms with Crippen molar-refractivity contribution in [3.8, 4) is 5.75 Å². The van der Waals surface area contributed by atoms with E-state index < -0.39 is 0 Å². The lowest BCUT2D eigenvalue weighted by atomic mass is 10.1. The maximum atomic E-state index is 13.4. The Bertz CT molecular complexity index is 640. The van der Waals surface area contributed by atoms with E-state index in [2.05, 4.69) is 5.32 Å². The minimum atomic E-state index is -0.307. The van der Waals surface area contributed by atoms with Crippen LogP contribution in [-0.2, 0) is 17.8 Å². The summed E-state index contributed by atoms with van der Waals surface area (Å²) in [5.74, 6) is 0.353. The molecular weight excluding hydrogens is 269 g/mol. The summed E-state index contributed by atoms with van der Waals surface area (Å²) in [6, 6.07) is 12.0. The number of methoxy groups -OCH3 is 1. The summed E-state index contributed by atoms with van der Waals surface area (Å²) >= 11 is 0. The number of benzene rings is 2. The summed E-state index contributed by atoms with van der Waals surface area (Å²) in [6.45, 7) is 2.13. The Balaban J connectivity index is 1.93. The zero-order valence-electron chi connectivity index (χ0n) is 12.2. The number of amides is 1. The molecule has 0 unspecified atom stereocenters. The van der Waals surface area contributed by atoms with Crippen LogP contribution in [-0.4, -0.2) is 13.0 Å². The van der Waals surface area contributed by atoms with Crippen LogP contribution in [0.2, 0.25) is 0 Å². The molecule has 0 aliphatic rings. The Hall–Kier alpha value is -2.36. The van der Waals surface area contributed by atoms with E-state index in [0.29, 0.717) is 5.56 Å². The topological polar surface area (TPSA) is 38.3 Å². The fourth-order valence-electron chi connectivity index (χ4n) is 2.13. The number of rotatable bonds is 5. The van der Waals surface area contributed by atoms with Crippen molar-refractivity contribution in [1.29, 1.82) is 0 Å². The van der Waals surface area contributed by atoms with Gasteiger partial charge in [0.25, 0.3) is 0 Å². The molecule has 0 aromatic heterocycles. The molecule has 1 amide bonds. The summed E-state index contributed by atoms with van der Waals surface area (Å²) < 4.78 is 18.6. The molecule has 2 aromatic rings. The molecule has 0 aliphatic carbocycles. The van der Waals surface area contributed by atoms with Crippen LogP contribution in [0.4, 0.5) is 4.39 Å². The Kier molecular flexibility index (Phi) is 4.93. The molecule has 2 rings (SSSR count). The second-order valence-electron chi connectivity index (χ2n) is 4.85. The predicted molar refractivity (Wildman–Crippen MR) is 79.7 cm³/mol. The van der Waals surface area contributed by atoms with Gasteiger partial charge in [-0.1, -0.05) is 30.3 Å². The third kappa shape index (κ3) is 4.05. The van der Waals surface area contributed by atoms with Crippen LogP contribution in [0.5, 0.6) is 5.75 Å². The number of carbonyl (C=O) groups excluding carboxylic acids is 1. The molecule has 0 fully saturated rings. The first kappa shape index (κ1) is 15.0. The summed E-state index contributed by atoms with van der Waals surface area (Å²) in [5, 5.41) is 2.73. The predicted octanol–water partition coefficient (Wildman–Crippen LogP) is 3.00. The monoisotopic (exact) mass is 287 g/mol. The van der Waals surface area contributed by atoms with E-state index in [1.807, 2.05) is 25.1 Å². The van der Waals surface area contributed by atoms with Gasteiger partial charge in [0, 0.05) is 12.1 Å². The molecular formula is C17H18FNO2. The minimum absolute atomic E-state index is 0.136. The Morgan fingerprint density at radius 3 is 2.67 bits per heavy atom. The number of hydrogen-bond acceptors (Lipinski definition) is 2. The fraction of sp³-hybridized carbons (Fsp3) is 0.235. The van der Waals surface area contributed by atoms with Crippen molar-refractivity contribution < 1.29 is 13.9 Å². The van der Waals surface area contributed by atoms with Crippen LogP contribution in [0.3, 0.4) is 0 Å². The average molecular weight is 287 g/mol. The van der Waals surface area contributed by atoms with Crippen molar-refractivity contribution in [2.24, 2.45) is 0 Å². The van der Waals surface area contributed by atoms with Crippen molar-refractivity contribution in [2.45, 2.75) is 19.9 Å². The highest BCUT2D eigenvalue weighted by molar-refractivity contribution is 5.78. The molecule has 4 heteroatoms. The van der Waals surface area contributed by atoms with Gasteiger partial charge in [0.15, 0.2) is 0 Å². The first-order valence-electron chi connectivity index (χ1n) is 6.74. The highest BCUT2D eigenvalue weighted by Gasteiger charge is 2.07. The molecule has 0 heterocycles. The highest BCUT2D eigenvalue weighted by Crippen LogP contribution is 2.18. The van der Waals surface area contributed by atoms with Gasteiger partial charge in [-0.05, 0) is 30.2 Å². The largest absolute Gasteiger partial charge is 0.496 e. The van der Waals surface area contributed by atoms with Gasteiger partial charge in [0.2, 0.25) is 5.91 Å². The number of halogens is 1. The minimum Gasteiger partial charge on any atom is -0.496 e. The standard InChI is InChI=1S/C17H18FNO2/c1-12-9-13(7-8-16(12)21-2)10-17(20)19-11-14-5-3-4-6-15(14)18/h3-9H,10-11H2,1-2H3,(H,19,20). The lowest BCUT2D eigenvalue weighted by Gasteiger charge is -2.09. The van der Waals surface area contributed by atoms with E-state index >= 15 is 0 Å². The first-order valence-corrected chi connectivity index (χ1v) is 6.74. The second-order valence-corrected chi connectivity index (χ2v) is 4.85. The number of ether oxygens (including phenoxy) is 1. The number of carbonyl (C=O) groups is 1. The third-order valence-corrected chi connectivity index (χ3v) is 3.26. The molecule has 3 nitrogen and oxygen atoms in total. The molecule has 0 spiro atoms. The molecule has 1 N–H and O–H groups in total. The number of aryl methyl sites for hydroxylation is 1. The molecule has 0 saturated heterocycles. The fourth-order valence-corrected chi connectivity index (χ4v) is 2.13. The van der Waals surface area contributed by atoms with Crippen LogP contribution in [0, 0.1) is 12.7 Å². The average Bonchev–Trinajstić information content (AvgIpc) is 2.46. The number of nitrogens with one attached hydrogen (secondary N) is 1. The number of hydrogen-bond donors (Lipinski definition) is 1. The van der Waals surface area contributed by atoms with Crippen molar-refractivity contribution in [3.63, 3.8) is 0 Å². The van der Waals surface area contributed by atoms with Crippen LogP contribution in [0.1, 0.15) is 16.7 Å². The van der Waals surface area contributed by atoms with E-state index in [9.17, 15) is 9.18 Å². The highest BCUT2D eigenvalue weighted by atomic mass is 19.1. The summed E-state index contributed by atoms with van der Waals surface area (Å²) in [7, 11) is 1.61. The maximum Gasteiger partial charge on any atom is 0.224 e. The van der Waals surface area contributed by atoms with E-state index in [4.69, 9.17) is 4.74 Å². The Morgan fingerprint density at radius 1 is 1.24 bits per heavy atom. The van der Waals surface area contributed by atoms with E-state index in [-0.39, 0.29) is 24.7 Å². The van der Waals surface area contributed by atoms with Crippen molar-refractivity contribution in [2.75, 3.05) is 7.11 Å². The van der Waals surface area contributed by atoms with Gasteiger partial charge in [0.05, 0.1) is 13.5 Å². The molecule has 0 aliphatic heterocycles. The van der Waals surface area contributed by atoms with Gasteiger partial charge in [0.1, 0.15) is 11.6 Å². The van der Waals surface area contributed by atoms with E-state index in [1.165, 1.54) is 6.07 Å². The normalized spacial score (nSPS) is 10.2. The molecule has 0 saturated carbocycles. The summed E-state index contributed by atoms with van der Waals surface area (Å²) in [4.78, 5) is 11.9. The van der Waals surface area contributed by atoms with E-state index in [1.54, 1.807) is 25.3 Å². The summed E-state index contributed by atoms with van der Waals surface area (Å²) in [5.41, 5.74) is 2.37. The lowest BCUT2D eigenvalue weighted by molar-refractivity contribution is -0.120. The van der Waals surface area contributed by atoms with E-state index in [0.717, 1.165) is 16.9 Å². The van der Waals surface area contributed by atoms with Crippen molar-refractivity contribution in [3.05, 3.63) is 65.0 Å². The summed E-state index contributed by atoms with van der Waals surface area (Å²) in [6.07, 6.45) is 0.263. The van der Waals surface area contributed by atoms with Crippen LogP contribution in [0.15, 0.2) is 42.5 Å². The van der Waals surface area contributed by atoms with Gasteiger partial charge < -0.3 is 10.1 Å². The van der Waals surface area contributed by atoms with Crippen LogP contribution < -0.4 is 10.1 Å². The molecule has 110 valence electrons. The van der Waals surface area contributed by atoms with Crippen molar-refractivity contribution >= 4 is 5.91 Å². The van der Waals surface area contributed by atoms with Gasteiger partial charge in [-0.15, -0.1) is 0 Å². The SMILES string of the molecule is COc1ccc(CC(=O)NCc2ccccc2F)cc1C. The Labute approximate surface area is 123 Å². The molecule has 21 heavy (non-hydrogen) atoms. The molecule has 0 bridgehead atoms. The van der Waals surface area contributed by atoms with Gasteiger partial charge in [-0.25, -0.2) is 4.39 Å². The van der Waals surface area contributed by atoms with Crippen LogP contribution >= 0.6 is 0 Å². The van der Waals surface area contributed by atoms with Gasteiger partial charge in [-0.2, -0.15) is 0 Å². The third-order valence-electron chi connectivity index (χ3n) is 3.26. The van der Waals surface area contributed by atoms with Crippen LogP contribution in [0.25, 0.3) is 0 Å². The van der Waals surface area contributed by atoms with Gasteiger partial charge >= 0.3 is 0 Å². The zero-order valence-corrected chi connectivity index (χ0v) is 12.2. The smallest absolute Gasteiger partial charge is 0.224 e. The first-order chi connectivity index (χ1) is 10.1. The quantitative estimate of drug-likeness (QED) is 0.918.